The SMILES string of the molecule is CCOC(=O)Cc1ccc(-n2c(O)cc(=O)[nH]c2=O)cc1. The summed E-state index contributed by atoms with van der Waals surface area (Å²) in [6.45, 7) is 2.05. The number of nitrogens with one attached hydrogen (secondary N) is 1. The zero-order valence-corrected chi connectivity index (χ0v) is 11.3. The maximum absolute atomic E-state index is 11.7. The van der Waals surface area contributed by atoms with Crippen molar-refractivity contribution in [2.24, 2.45) is 0 Å². The maximum Gasteiger partial charge on any atom is 0.335 e. The molecule has 0 spiro atoms. The Balaban J connectivity index is 2.30. The molecule has 2 rings (SSSR count). The summed E-state index contributed by atoms with van der Waals surface area (Å²) in [6.07, 6.45) is 0.126. The molecule has 110 valence electrons. The lowest BCUT2D eigenvalue weighted by molar-refractivity contribution is -0.142. The highest BCUT2D eigenvalue weighted by atomic mass is 16.5. The number of aromatic amines is 1. The standard InChI is InChI=1S/C14H14N2O5/c1-2-21-13(19)7-9-3-5-10(6-4-9)16-12(18)8-11(17)15-14(16)20/h3-6,8,18H,2,7H2,1H3,(H,15,17,20). The van der Waals surface area contributed by atoms with Crippen molar-refractivity contribution < 1.29 is 14.6 Å². The van der Waals surface area contributed by atoms with Crippen LogP contribution in [0.2, 0.25) is 0 Å². The molecule has 0 amide bonds. The van der Waals surface area contributed by atoms with E-state index in [1.165, 1.54) is 0 Å². The van der Waals surface area contributed by atoms with Gasteiger partial charge in [0.05, 0.1) is 24.8 Å². The van der Waals surface area contributed by atoms with E-state index < -0.39 is 17.1 Å². The van der Waals surface area contributed by atoms with Crippen molar-refractivity contribution in [3.63, 3.8) is 0 Å². The first-order valence-corrected chi connectivity index (χ1v) is 6.31. The topological polar surface area (TPSA) is 101 Å². The van der Waals surface area contributed by atoms with Crippen molar-refractivity contribution in [3.8, 4) is 11.6 Å². The molecule has 0 fully saturated rings. The molecule has 1 heterocycles. The lowest BCUT2D eigenvalue weighted by Gasteiger charge is -2.08. The summed E-state index contributed by atoms with van der Waals surface area (Å²) in [5.41, 5.74) is -0.318. The first kappa shape index (κ1) is 14.6. The van der Waals surface area contributed by atoms with E-state index in [9.17, 15) is 19.5 Å². The van der Waals surface area contributed by atoms with Crippen molar-refractivity contribution in [2.75, 3.05) is 6.61 Å². The highest BCUT2D eigenvalue weighted by Gasteiger charge is 2.08. The van der Waals surface area contributed by atoms with Crippen LogP contribution in [-0.2, 0) is 16.0 Å². The van der Waals surface area contributed by atoms with Gasteiger partial charge in [-0.1, -0.05) is 12.1 Å². The molecule has 0 bridgehead atoms. The van der Waals surface area contributed by atoms with Crippen LogP contribution in [0.25, 0.3) is 5.69 Å². The van der Waals surface area contributed by atoms with Crippen LogP contribution >= 0.6 is 0 Å². The van der Waals surface area contributed by atoms with E-state index in [0.29, 0.717) is 17.9 Å². The Labute approximate surface area is 119 Å². The molecule has 21 heavy (non-hydrogen) atoms. The molecular weight excluding hydrogens is 276 g/mol. The Morgan fingerprint density at radius 3 is 2.52 bits per heavy atom. The predicted octanol–water partition coefficient (Wildman–Crippen LogP) is 0.337. The molecule has 7 heteroatoms. The van der Waals surface area contributed by atoms with E-state index in [4.69, 9.17) is 4.74 Å². The largest absolute Gasteiger partial charge is 0.494 e. The number of nitrogens with zero attached hydrogens (tertiary/aromatic N) is 1. The number of hydrogen-bond donors (Lipinski definition) is 2. The van der Waals surface area contributed by atoms with Crippen LogP contribution in [0, 0.1) is 0 Å². The third kappa shape index (κ3) is 3.38. The van der Waals surface area contributed by atoms with Gasteiger partial charge in [-0.15, -0.1) is 0 Å². The van der Waals surface area contributed by atoms with Crippen LogP contribution in [0.1, 0.15) is 12.5 Å². The van der Waals surface area contributed by atoms with E-state index in [-0.39, 0.29) is 12.4 Å². The monoisotopic (exact) mass is 290 g/mol. The van der Waals surface area contributed by atoms with Gasteiger partial charge in [0.1, 0.15) is 0 Å². The Bertz CT molecular complexity index is 758. The minimum Gasteiger partial charge on any atom is -0.494 e. The molecule has 1 aromatic heterocycles. The average Bonchev–Trinajstić information content (AvgIpc) is 2.39. The molecule has 2 aromatic rings. The number of aromatic nitrogens is 2. The first-order valence-electron chi connectivity index (χ1n) is 6.31. The summed E-state index contributed by atoms with van der Waals surface area (Å²) >= 11 is 0. The summed E-state index contributed by atoms with van der Waals surface area (Å²) in [7, 11) is 0. The normalized spacial score (nSPS) is 10.3. The smallest absolute Gasteiger partial charge is 0.335 e. The number of carbonyl (C=O) groups excluding carboxylic acids is 1. The van der Waals surface area contributed by atoms with Crippen LogP contribution in [0.5, 0.6) is 5.88 Å². The molecule has 0 radical (unpaired) electrons. The summed E-state index contributed by atoms with van der Waals surface area (Å²) in [4.78, 5) is 36.1. The summed E-state index contributed by atoms with van der Waals surface area (Å²) < 4.78 is 5.79. The van der Waals surface area contributed by atoms with Crippen molar-refractivity contribution in [3.05, 3.63) is 56.7 Å². The lowest BCUT2D eigenvalue weighted by atomic mass is 10.1. The second-order valence-corrected chi connectivity index (χ2v) is 4.28. The number of esters is 1. The minimum absolute atomic E-state index is 0.126. The molecule has 0 aliphatic rings. The van der Waals surface area contributed by atoms with Crippen molar-refractivity contribution in [1.29, 1.82) is 0 Å². The molecule has 0 saturated carbocycles. The molecule has 2 N–H and O–H groups in total. The third-order valence-corrected chi connectivity index (χ3v) is 2.77. The van der Waals surface area contributed by atoms with E-state index in [2.05, 4.69) is 4.98 Å². The highest BCUT2D eigenvalue weighted by Crippen LogP contribution is 2.13. The first-order chi connectivity index (χ1) is 10.0. The van der Waals surface area contributed by atoms with Gasteiger partial charge in [-0.3, -0.25) is 14.6 Å². The quantitative estimate of drug-likeness (QED) is 0.790. The van der Waals surface area contributed by atoms with Crippen molar-refractivity contribution in [1.82, 2.24) is 9.55 Å². The summed E-state index contributed by atoms with van der Waals surface area (Å²) in [5.74, 6) is -0.795. The zero-order valence-electron chi connectivity index (χ0n) is 11.3. The van der Waals surface area contributed by atoms with Gasteiger partial charge >= 0.3 is 11.7 Å². The molecule has 7 nitrogen and oxygen atoms in total. The Morgan fingerprint density at radius 1 is 1.29 bits per heavy atom. The van der Waals surface area contributed by atoms with Crippen molar-refractivity contribution >= 4 is 5.97 Å². The van der Waals surface area contributed by atoms with Gasteiger partial charge in [0.15, 0.2) is 0 Å². The summed E-state index contributed by atoms with van der Waals surface area (Å²) in [5, 5.41) is 9.68. The zero-order chi connectivity index (χ0) is 15.4. The van der Waals surface area contributed by atoms with Gasteiger partial charge in [0, 0.05) is 0 Å². The molecule has 0 saturated heterocycles. The highest BCUT2D eigenvalue weighted by molar-refractivity contribution is 5.72. The van der Waals surface area contributed by atoms with Crippen LogP contribution in [0.3, 0.4) is 0 Å². The van der Waals surface area contributed by atoms with E-state index >= 15 is 0 Å². The Hall–Kier alpha value is -2.83. The van der Waals surface area contributed by atoms with E-state index in [1.54, 1.807) is 31.2 Å². The maximum atomic E-state index is 11.7. The number of aromatic hydroxyl groups is 1. The fourth-order valence-corrected chi connectivity index (χ4v) is 1.87. The molecule has 0 unspecified atom stereocenters. The third-order valence-electron chi connectivity index (χ3n) is 2.77. The van der Waals surface area contributed by atoms with Crippen LogP contribution < -0.4 is 11.2 Å². The van der Waals surface area contributed by atoms with E-state index in [1.807, 2.05) is 0 Å². The number of carbonyl (C=O) groups is 1. The number of rotatable bonds is 4. The van der Waals surface area contributed by atoms with Crippen molar-refractivity contribution in [2.45, 2.75) is 13.3 Å². The minimum atomic E-state index is -0.738. The van der Waals surface area contributed by atoms with Gasteiger partial charge in [-0.05, 0) is 24.6 Å². The van der Waals surface area contributed by atoms with Crippen LogP contribution in [0.15, 0.2) is 39.9 Å². The van der Waals surface area contributed by atoms with Gasteiger partial charge in [0.25, 0.3) is 5.56 Å². The second-order valence-electron chi connectivity index (χ2n) is 4.28. The molecule has 0 aliphatic carbocycles. The molecule has 0 atom stereocenters. The van der Waals surface area contributed by atoms with Gasteiger partial charge in [0.2, 0.25) is 5.88 Å². The second kappa shape index (κ2) is 6.08. The number of hydrogen-bond acceptors (Lipinski definition) is 5. The van der Waals surface area contributed by atoms with Gasteiger partial charge in [-0.2, -0.15) is 0 Å². The molecule has 1 aromatic carbocycles. The average molecular weight is 290 g/mol. The number of H-pyrrole nitrogens is 1. The fourth-order valence-electron chi connectivity index (χ4n) is 1.87. The number of ether oxygens (including phenoxy) is 1. The lowest BCUT2D eigenvalue weighted by Crippen LogP contribution is -2.27. The van der Waals surface area contributed by atoms with Crippen LogP contribution in [-0.4, -0.2) is 27.2 Å². The number of benzene rings is 1. The van der Waals surface area contributed by atoms with Crippen LogP contribution in [0.4, 0.5) is 0 Å². The Morgan fingerprint density at radius 2 is 1.95 bits per heavy atom. The summed E-state index contributed by atoms with van der Waals surface area (Å²) in [6, 6.07) is 7.32. The van der Waals surface area contributed by atoms with Gasteiger partial charge in [-0.25, -0.2) is 9.36 Å². The molecular formula is C14H14N2O5. The predicted molar refractivity (Wildman–Crippen MR) is 74.7 cm³/mol. The van der Waals surface area contributed by atoms with E-state index in [0.717, 1.165) is 10.6 Å². The fraction of sp³-hybridized carbons (Fsp3) is 0.214. The molecule has 0 aliphatic heterocycles. The Kier molecular flexibility index (Phi) is 4.22. The van der Waals surface area contributed by atoms with Gasteiger partial charge < -0.3 is 9.84 Å².